The number of fused-ring (bicyclic) bond motifs is 3. The number of hydrogen-bond donors (Lipinski definition) is 6. The molecule has 0 radical (unpaired) electrons. The maximum Gasteiger partial charge on any atom is 0.407 e. The fourth-order valence-corrected chi connectivity index (χ4v) is 8.79. The Balaban J connectivity index is 1.19. The third-order valence-corrected chi connectivity index (χ3v) is 11.7. The van der Waals surface area contributed by atoms with E-state index in [1.54, 1.807) is 55.4 Å². The zero-order chi connectivity index (χ0) is 38.0. The van der Waals surface area contributed by atoms with E-state index in [0.29, 0.717) is 58.4 Å². The number of amides is 2. The number of H-pyrrole nitrogens is 2. The average Bonchev–Trinajstić information content (AvgIpc) is 3.97. The SMILES string of the molecule is CCCN(Cc1ncc(-c2ccc3c(c2)S(=O)(=O)c2cc(-c4cnc([C@H]5CCCN5C(O)[C@@H](C)NC(=O)OC)[nH]4)ccc2-3)[nH]1)C(O)[C@@H](C)NC(=O)OC. The Morgan fingerprint density at radius 1 is 0.943 bits per heavy atom. The van der Waals surface area contributed by atoms with E-state index in [1.165, 1.54) is 14.2 Å². The number of ether oxygens (including phenoxy) is 2. The second kappa shape index (κ2) is 15.7. The van der Waals surface area contributed by atoms with Gasteiger partial charge in [-0.2, -0.15) is 0 Å². The third kappa shape index (κ3) is 7.66. The highest BCUT2D eigenvalue weighted by molar-refractivity contribution is 7.92. The van der Waals surface area contributed by atoms with Crippen LogP contribution in [0.5, 0.6) is 0 Å². The Hall–Kier alpha value is -4.81. The molecule has 53 heavy (non-hydrogen) atoms. The number of nitrogens with zero attached hydrogens (tertiary/aromatic N) is 4. The zero-order valence-electron chi connectivity index (χ0n) is 30.3. The van der Waals surface area contributed by atoms with Crippen LogP contribution in [0.3, 0.4) is 0 Å². The molecule has 16 nitrogen and oxygen atoms in total. The fourth-order valence-electron chi connectivity index (χ4n) is 7.06. The highest BCUT2D eigenvalue weighted by Gasteiger charge is 2.37. The van der Waals surface area contributed by atoms with E-state index in [0.717, 1.165) is 19.3 Å². The molecule has 0 saturated carbocycles. The monoisotopic (exact) mass is 750 g/mol. The molecule has 6 N–H and O–H groups in total. The number of nitrogens with one attached hydrogen (secondary N) is 4. The molecule has 6 rings (SSSR count). The topological polar surface area (TPSA) is 215 Å². The number of aliphatic hydroxyl groups excluding tert-OH is 2. The van der Waals surface area contributed by atoms with Gasteiger partial charge in [-0.1, -0.05) is 31.2 Å². The van der Waals surface area contributed by atoms with Gasteiger partial charge in [-0.05, 0) is 45.2 Å². The van der Waals surface area contributed by atoms with Crippen LogP contribution in [0.25, 0.3) is 33.6 Å². The van der Waals surface area contributed by atoms with Crippen LogP contribution < -0.4 is 10.6 Å². The molecule has 1 saturated heterocycles. The van der Waals surface area contributed by atoms with Crippen molar-refractivity contribution in [3.8, 4) is 33.6 Å². The Labute approximate surface area is 307 Å². The number of imidazole rings is 2. The van der Waals surface area contributed by atoms with Crippen molar-refractivity contribution in [2.75, 3.05) is 27.3 Å². The van der Waals surface area contributed by atoms with Crippen LogP contribution in [0, 0.1) is 0 Å². The van der Waals surface area contributed by atoms with Crippen molar-refractivity contribution in [2.45, 2.75) is 87.0 Å². The fraction of sp³-hybridized carbons (Fsp3) is 0.444. The standard InChI is InChI=1S/C36H46N8O8S/c1-6-13-43(33(45)20(2)39-35(47)51-4)19-31-37-17-26(41-31)22-9-11-24-25-12-10-23(16-30(25)53(49,50)29(24)15-22)27-18-38-32(42-27)28-8-7-14-44(28)34(46)21(3)40-36(48)52-5/h9-12,15-18,20-21,28,33-34,45-46H,6-8,13-14,19H2,1-5H3,(H,37,41)(H,38,42)(H,39,47)(H,40,48)/t20-,21-,28-,33?,34?/m1/s1. The molecule has 0 spiro atoms. The Morgan fingerprint density at radius 2 is 1.53 bits per heavy atom. The molecule has 2 aromatic carbocycles. The van der Waals surface area contributed by atoms with Crippen LogP contribution in [0.4, 0.5) is 9.59 Å². The number of sulfone groups is 1. The predicted molar refractivity (Wildman–Crippen MR) is 194 cm³/mol. The molecule has 2 aliphatic rings. The normalized spacial score (nSPS) is 18.5. The van der Waals surface area contributed by atoms with Crippen molar-refractivity contribution in [1.82, 2.24) is 40.4 Å². The Bertz CT molecular complexity index is 2070. The van der Waals surface area contributed by atoms with Crippen molar-refractivity contribution in [3.05, 3.63) is 60.4 Å². The number of aliphatic hydroxyl groups is 2. The lowest BCUT2D eigenvalue weighted by molar-refractivity contribution is -0.0292. The van der Waals surface area contributed by atoms with Gasteiger partial charge in [0.25, 0.3) is 0 Å². The van der Waals surface area contributed by atoms with Crippen molar-refractivity contribution < 1.29 is 37.7 Å². The maximum absolute atomic E-state index is 14.0. The van der Waals surface area contributed by atoms with Crippen molar-refractivity contribution in [1.29, 1.82) is 0 Å². The first-order chi connectivity index (χ1) is 25.4. The average molecular weight is 751 g/mol. The lowest BCUT2D eigenvalue weighted by Crippen LogP contribution is -2.50. The van der Waals surface area contributed by atoms with Crippen LogP contribution in [0.15, 0.2) is 58.6 Å². The zero-order valence-corrected chi connectivity index (χ0v) is 31.1. The van der Waals surface area contributed by atoms with Gasteiger partial charge in [0.15, 0.2) is 0 Å². The van der Waals surface area contributed by atoms with E-state index in [9.17, 15) is 28.2 Å². The number of methoxy groups -OCH3 is 2. The summed E-state index contributed by atoms with van der Waals surface area (Å²) in [5, 5.41) is 27.1. The van der Waals surface area contributed by atoms with E-state index < -0.39 is 46.6 Å². The minimum atomic E-state index is -3.87. The summed E-state index contributed by atoms with van der Waals surface area (Å²) < 4.78 is 37.3. The quantitative estimate of drug-likeness (QED) is 0.0950. The Morgan fingerprint density at radius 3 is 2.13 bits per heavy atom. The van der Waals surface area contributed by atoms with Crippen LogP contribution >= 0.6 is 0 Å². The number of carbonyl (C=O) groups excluding carboxylic acids is 2. The van der Waals surface area contributed by atoms with Gasteiger partial charge in [-0.3, -0.25) is 9.80 Å². The van der Waals surface area contributed by atoms with Gasteiger partial charge >= 0.3 is 12.2 Å². The number of benzene rings is 2. The van der Waals surface area contributed by atoms with E-state index in [2.05, 4.69) is 40.0 Å². The number of hydrogen-bond acceptors (Lipinski definition) is 12. The summed E-state index contributed by atoms with van der Waals surface area (Å²) in [7, 11) is -1.34. The van der Waals surface area contributed by atoms with Crippen molar-refractivity contribution in [3.63, 3.8) is 0 Å². The summed E-state index contributed by atoms with van der Waals surface area (Å²) in [6, 6.07) is 9.19. The molecule has 0 aliphatic carbocycles. The second-order valence-electron chi connectivity index (χ2n) is 13.4. The summed E-state index contributed by atoms with van der Waals surface area (Å²) in [6.45, 7) is 6.79. The molecule has 5 atom stereocenters. The first kappa shape index (κ1) is 37.9. The first-order valence-electron chi connectivity index (χ1n) is 17.5. The minimum Gasteiger partial charge on any atom is -0.453 e. The largest absolute Gasteiger partial charge is 0.453 e. The van der Waals surface area contributed by atoms with Crippen molar-refractivity contribution >= 4 is 22.0 Å². The predicted octanol–water partition coefficient (Wildman–Crippen LogP) is 3.75. The van der Waals surface area contributed by atoms with Crippen LogP contribution in [0.2, 0.25) is 0 Å². The minimum absolute atomic E-state index is 0.194. The molecule has 17 heteroatoms. The number of aromatic nitrogens is 4. The van der Waals surface area contributed by atoms with Gasteiger partial charge < -0.3 is 40.3 Å². The van der Waals surface area contributed by atoms with Crippen molar-refractivity contribution in [2.24, 2.45) is 0 Å². The molecular weight excluding hydrogens is 705 g/mol. The molecular formula is C36H46N8O8S. The van der Waals surface area contributed by atoms with Gasteiger partial charge in [-0.25, -0.2) is 28.0 Å². The molecule has 2 unspecified atom stereocenters. The van der Waals surface area contributed by atoms with Gasteiger partial charge in [0, 0.05) is 35.3 Å². The van der Waals surface area contributed by atoms with Crippen LogP contribution in [0.1, 0.15) is 57.7 Å². The maximum atomic E-state index is 14.0. The molecule has 0 bridgehead atoms. The Kier molecular flexibility index (Phi) is 11.2. The van der Waals surface area contributed by atoms with E-state index >= 15 is 0 Å². The van der Waals surface area contributed by atoms with Gasteiger partial charge in [0.05, 0.1) is 72.5 Å². The third-order valence-electron chi connectivity index (χ3n) is 9.82. The number of alkyl carbamates (subject to hydrolysis) is 2. The first-order valence-corrected chi connectivity index (χ1v) is 19.0. The molecule has 284 valence electrons. The smallest absolute Gasteiger partial charge is 0.407 e. The molecule has 4 heterocycles. The number of rotatable bonds is 13. The van der Waals surface area contributed by atoms with Crippen LogP contribution in [-0.2, 0) is 25.9 Å². The molecule has 1 fully saturated rings. The van der Waals surface area contributed by atoms with Gasteiger partial charge in [-0.15, -0.1) is 0 Å². The number of likely N-dealkylation sites (tertiary alicyclic amines) is 1. The summed E-state index contributed by atoms with van der Waals surface area (Å²) in [6.07, 6.45) is 2.39. The molecule has 2 amide bonds. The molecule has 4 aromatic rings. The van der Waals surface area contributed by atoms with E-state index in [-0.39, 0.29) is 22.4 Å². The highest BCUT2D eigenvalue weighted by Crippen LogP contribution is 2.46. The molecule has 2 aliphatic heterocycles. The van der Waals surface area contributed by atoms with Crippen LogP contribution in [-0.4, -0.2) is 112 Å². The molecule has 2 aromatic heterocycles. The van der Waals surface area contributed by atoms with E-state index in [1.807, 2.05) is 24.0 Å². The lowest BCUT2D eigenvalue weighted by atomic mass is 10.0. The number of carbonyl (C=O) groups is 2. The second-order valence-corrected chi connectivity index (χ2v) is 15.3. The lowest BCUT2D eigenvalue weighted by Gasteiger charge is -2.32. The van der Waals surface area contributed by atoms with Gasteiger partial charge in [0.2, 0.25) is 9.84 Å². The number of aromatic amines is 2. The van der Waals surface area contributed by atoms with Gasteiger partial charge in [0.1, 0.15) is 24.1 Å². The van der Waals surface area contributed by atoms with E-state index in [4.69, 9.17) is 0 Å². The summed E-state index contributed by atoms with van der Waals surface area (Å²) in [5.74, 6) is 1.20. The highest BCUT2D eigenvalue weighted by atomic mass is 32.2. The summed E-state index contributed by atoms with van der Waals surface area (Å²) in [5.41, 5.74) is 3.76. The summed E-state index contributed by atoms with van der Waals surface area (Å²) in [4.78, 5) is 43.1. The summed E-state index contributed by atoms with van der Waals surface area (Å²) >= 11 is 0.